The van der Waals surface area contributed by atoms with Crippen LogP contribution in [-0.4, -0.2) is 37.9 Å². The number of thioether (sulfide) groups is 1. The summed E-state index contributed by atoms with van der Waals surface area (Å²) in [7, 11) is 0. The maximum Gasteiger partial charge on any atom is 0.238 e. The van der Waals surface area contributed by atoms with E-state index in [4.69, 9.17) is 10.6 Å². The number of nitrogen functional groups attached to an aromatic ring is 1. The van der Waals surface area contributed by atoms with Crippen LogP contribution in [0, 0.1) is 17.0 Å². The molecule has 2 rings (SSSR count). The molecule has 0 aliphatic heterocycles. The number of benzene rings is 1. The number of hydrogen-bond donors (Lipinski definition) is 1. The molecule has 1 aromatic heterocycles. The molecule has 1 aromatic carbocycles. The monoisotopic (exact) mass is 349 g/mol. The van der Waals surface area contributed by atoms with Gasteiger partial charge < -0.3 is 10.6 Å². The van der Waals surface area contributed by atoms with E-state index in [0.29, 0.717) is 35.3 Å². The van der Waals surface area contributed by atoms with Crippen molar-refractivity contribution in [2.45, 2.75) is 12.1 Å². The Labute approximate surface area is 141 Å². The van der Waals surface area contributed by atoms with Gasteiger partial charge in [0, 0.05) is 5.75 Å². The molecular formula is C14H15N5O4S. The van der Waals surface area contributed by atoms with E-state index < -0.39 is 10.7 Å². The second-order valence-corrected chi connectivity index (χ2v) is 5.62. The third-order valence-corrected chi connectivity index (χ3v) is 3.81. The lowest BCUT2D eigenvalue weighted by Gasteiger charge is -2.09. The second kappa shape index (κ2) is 8.11. The minimum Gasteiger partial charge on any atom is -0.492 e. The number of hydrogen-bond acceptors (Lipinski definition) is 8. The highest BCUT2D eigenvalue weighted by Crippen LogP contribution is 2.20. The van der Waals surface area contributed by atoms with Gasteiger partial charge in [0.05, 0.1) is 23.2 Å². The standard InChI is InChI=1S/C14H15N5O4S/c1-10-16-17-14(19(10)15)24-9-8-23-13-5-3-2-4-11(13)12(20)6-7-18(21)22/h2-7H,8-9,15H2,1H3. The first-order valence-corrected chi connectivity index (χ1v) is 7.85. The van der Waals surface area contributed by atoms with Crippen molar-refractivity contribution in [3.8, 4) is 5.75 Å². The fraction of sp³-hybridized carbons (Fsp3) is 0.214. The van der Waals surface area contributed by atoms with E-state index in [1.807, 2.05) is 0 Å². The fourth-order valence-electron chi connectivity index (χ4n) is 1.75. The smallest absolute Gasteiger partial charge is 0.238 e. The molecule has 0 saturated carbocycles. The summed E-state index contributed by atoms with van der Waals surface area (Å²) in [6.45, 7) is 2.05. The first-order valence-electron chi connectivity index (χ1n) is 6.87. The number of ketones is 1. The Hall–Kier alpha value is -2.88. The Morgan fingerprint density at radius 3 is 2.88 bits per heavy atom. The van der Waals surface area contributed by atoms with Crippen molar-refractivity contribution in [3.05, 3.63) is 58.0 Å². The van der Waals surface area contributed by atoms with Gasteiger partial charge in [-0.15, -0.1) is 10.2 Å². The summed E-state index contributed by atoms with van der Waals surface area (Å²) < 4.78 is 6.97. The molecule has 0 aliphatic carbocycles. The van der Waals surface area contributed by atoms with Gasteiger partial charge in [-0.2, -0.15) is 0 Å². The Balaban J connectivity index is 1.94. The van der Waals surface area contributed by atoms with Crippen LogP contribution in [0.25, 0.3) is 0 Å². The lowest BCUT2D eigenvalue weighted by molar-refractivity contribution is -0.402. The van der Waals surface area contributed by atoms with Crippen LogP contribution in [0.15, 0.2) is 41.7 Å². The first-order chi connectivity index (χ1) is 11.5. The number of rotatable bonds is 8. The van der Waals surface area contributed by atoms with E-state index in [-0.39, 0.29) is 5.56 Å². The zero-order valence-electron chi connectivity index (χ0n) is 12.8. The number of allylic oxidation sites excluding steroid dienone is 1. The number of nitro groups is 1. The lowest BCUT2D eigenvalue weighted by atomic mass is 10.1. The third kappa shape index (κ3) is 4.56. The number of para-hydroxylation sites is 1. The van der Waals surface area contributed by atoms with Gasteiger partial charge in [0.1, 0.15) is 11.6 Å². The van der Waals surface area contributed by atoms with Crippen molar-refractivity contribution in [1.82, 2.24) is 14.9 Å². The maximum absolute atomic E-state index is 12.0. The molecule has 0 radical (unpaired) electrons. The van der Waals surface area contributed by atoms with Crippen LogP contribution < -0.4 is 10.6 Å². The molecule has 0 unspecified atom stereocenters. The molecule has 0 bridgehead atoms. The minimum atomic E-state index is -0.692. The number of aromatic nitrogens is 3. The second-order valence-electron chi connectivity index (χ2n) is 4.56. The molecule has 9 nitrogen and oxygen atoms in total. The van der Waals surface area contributed by atoms with Crippen LogP contribution in [0.5, 0.6) is 5.75 Å². The van der Waals surface area contributed by atoms with Crippen molar-refractivity contribution in [2.75, 3.05) is 18.2 Å². The molecule has 0 spiro atoms. The van der Waals surface area contributed by atoms with E-state index in [1.165, 1.54) is 16.4 Å². The van der Waals surface area contributed by atoms with Gasteiger partial charge in [-0.1, -0.05) is 23.9 Å². The molecule has 0 aliphatic rings. The van der Waals surface area contributed by atoms with Crippen LogP contribution in [0.1, 0.15) is 16.2 Å². The summed E-state index contributed by atoms with van der Waals surface area (Å²) in [5.41, 5.74) is 0.262. The van der Waals surface area contributed by atoms with Crippen LogP contribution in [0.2, 0.25) is 0 Å². The molecule has 0 amide bonds. The average Bonchev–Trinajstić information content (AvgIpc) is 2.89. The highest BCUT2D eigenvalue weighted by Gasteiger charge is 2.11. The molecule has 0 saturated heterocycles. The van der Waals surface area contributed by atoms with Crippen molar-refractivity contribution in [3.63, 3.8) is 0 Å². The molecule has 2 N–H and O–H groups in total. The fourth-order valence-corrected chi connectivity index (χ4v) is 2.47. The maximum atomic E-state index is 12.0. The quantitative estimate of drug-likeness (QED) is 0.144. The average molecular weight is 349 g/mol. The molecule has 0 fully saturated rings. The zero-order chi connectivity index (χ0) is 17.5. The first kappa shape index (κ1) is 17.5. The van der Waals surface area contributed by atoms with E-state index in [2.05, 4.69) is 10.2 Å². The third-order valence-electron chi connectivity index (χ3n) is 2.91. The molecule has 126 valence electrons. The molecule has 24 heavy (non-hydrogen) atoms. The molecule has 10 heteroatoms. The summed E-state index contributed by atoms with van der Waals surface area (Å²) in [4.78, 5) is 21.6. The molecule has 2 aromatic rings. The lowest BCUT2D eigenvalue weighted by Crippen LogP contribution is -2.12. The van der Waals surface area contributed by atoms with Crippen molar-refractivity contribution in [1.29, 1.82) is 0 Å². The van der Waals surface area contributed by atoms with E-state index in [1.54, 1.807) is 31.2 Å². The van der Waals surface area contributed by atoms with Crippen LogP contribution >= 0.6 is 11.8 Å². The number of carbonyl (C=O) groups is 1. The Bertz CT molecular complexity index is 774. The van der Waals surface area contributed by atoms with Gasteiger partial charge in [-0.05, 0) is 19.1 Å². The Morgan fingerprint density at radius 2 is 2.21 bits per heavy atom. The topological polar surface area (TPSA) is 126 Å². The van der Waals surface area contributed by atoms with Gasteiger partial charge in [0.15, 0.2) is 5.78 Å². The number of nitrogens with two attached hydrogens (primary N) is 1. The largest absolute Gasteiger partial charge is 0.492 e. The summed E-state index contributed by atoms with van der Waals surface area (Å²) in [5.74, 6) is 6.76. The van der Waals surface area contributed by atoms with Gasteiger partial charge in [-0.3, -0.25) is 14.9 Å². The zero-order valence-corrected chi connectivity index (χ0v) is 13.6. The van der Waals surface area contributed by atoms with Gasteiger partial charge >= 0.3 is 0 Å². The van der Waals surface area contributed by atoms with Gasteiger partial charge in [0.2, 0.25) is 11.4 Å². The number of nitrogens with zero attached hydrogens (tertiary/aromatic N) is 4. The molecule has 0 atom stereocenters. The van der Waals surface area contributed by atoms with Crippen molar-refractivity contribution in [2.24, 2.45) is 0 Å². The summed E-state index contributed by atoms with van der Waals surface area (Å²) in [6, 6.07) is 6.56. The summed E-state index contributed by atoms with van der Waals surface area (Å²) in [5, 5.41) is 18.6. The highest BCUT2D eigenvalue weighted by molar-refractivity contribution is 7.99. The summed E-state index contributed by atoms with van der Waals surface area (Å²) >= 11 is 1.37. The van der Waals surface area contributed by atoms with Gasteiger partial charge in [0.25, 0.3) is 0 Å². The predicted molar refractivity (Wildman–Crippen MR) is 88.0 cm³/mol. The van der Waals surface area contributed by atoms with Crippen molar-refractivity contribution < 1.29 is 14.5 Å². The molecule has 1 heterocycles. The van der Waals surface area contributed by atoms with Crippen LogP contribution in [0.4, 0.5) is 0 Å². The predicted octanol–water partition coefficient (Wildman–Crippen LogP) is 1.44. The Morgan fingerprint density at radius 1 is 1.46 bits per heavy atom. The summed E-state index contributed by atoms with van der Waals surface area (Å²) in [6.07, 6.45) is 1.50. The number of ether oxygens (including phenoxy) is 1. The van der Waals surface area contributed by atoms with Crippen molar-refractivity contribution >= 4 is 17.5 Å². The number of carbonyl (C=O) groups excluding carboxylic acids is 1. The molecular weight excluding hydrogens is 334 g/mol. The SMILES string of the molecule is Cc1nnc(SCCOc2ccccc2C(=O)C=C[N+](=O)[O-])n1N. The van der Waals surface area contributed by atoms with Gasteiger partial charge in [-0.25, -0.2) is 4.68 Å². The number of aryl methyl sites for hydroxylation is 1. The highest BCUT2D eigenvalue weighted by atomic mass is 32.2. The van der Waals surface area contributed by atoms with Crippen LogP contribution in [-0.2, 0) is 0 Å². The Kier molecular flexibility index (Phi) is 5.90. The van der Waals surface area contributed by atoms with E-state index >= 15 is 0 Å². The van der Waals surface area contributed by atoms with Crippen LogP contribution in [0.3, 0.4) is 0 Å². The van der Waals surface area contributed by atoms with E-state index in [9.17, 15) is 14.9 Å². The minimum absolute atomic E-state index is 0.262. The normalized spacial score (nSPS) is 10.9. The van der Waals surface area contributed by atoms with E-state index in [0.717, 1.165) is 6.08 Å².